The van der Waals surface area contributed by atoms with Crippen molar-refractivity contribution in [2.75, 3.05) is 5.32 Å². The Morgan fingerprint density at radius 3 is 2.57 bits per heavy atom. The number of fused-ring (bicyclic) bond motifs is 1. The molecule has 0 aliphatic rings. The molecular weight excluding hydrogens is 356 g/mol. The molecule has 0 bridgehead atoms. The zero-order chi connectivity index (χ0) is 16.6. The van der Waals surface area contributed by atoms with Crippen LogP contribution in [0, 0.1) is 13.8 Å². The van der Waals surface area contributed by atoms with Crippen molar-refractivity contribution in [2.24, 2.45) is 0 Å². The van der Waals surface area contributed by atoms with Gasteiger partial charge in [0.15, 0.2) is 5.65 Å². The van der Waals surface area contributed by atoms with E-state index >= 15 is 0 Å². The second-order valence-corrected chi connectivity index (χ2v) is 6.43. The number of benzene rings is 1. The molecule has 1 N–H and O–H groups in total. The summed E-state index contributed by atoms with van der Waals surface area (Å²) in [5.41, 5.74) is 4.29. The van der Waals surface area contributed by atoms with E-state index in [1.807, 2.05) is 32.0 Å². The average molecular weight is 373 g/mol. The zero-order valence-electron chi connectivity index (χ0n) is 13.2. The van der Waals surface area contributed by atoms with Gasteiger partial charge in [0.25, 0.3) is 0 Å². The minimum atomic E-state index is -0.111. The number of anilines is 1. The molecule has 0 unspecified atom stereocenters. The molecule has 3 rings (SSSR count). The van der Waals surface area contributed by atoms with E-state index in [2.05, 4.69) is 47.9 Å². The van der Waals surface area contributed by atoms with Crippen LogP contribution in [0.25, 0.3) is 11.2 Å². The average Bonchev–Trinajstić information content (AvgIpc) is 2.77. The summed E-state index contributed by atoms with van der Waals surface area (Å²) < 4.78 is 3.14. The molecule has 0 aliphatic heterocycles. The Morgan fingerprint density at radius 1 is 1.22 bits per heavy atom. The highest BCUT2D eigenvalue weighted by atomic mass is 79.9. The van der Waals surface area contributed by atoms with E-state index in [4.69, 9.17) is 0 Å². The topological polar surface area (TPSA) is 59.8 Å². The van der Waals surface area contributed by atoms with Gasteiger partial charge in [0.1, 0.15) is 11.3 Å². The van der Waals surface area contributed by atoms with Gasteiger partial charge in [0, 0.05) is 11.4 Å². The summed E-state index contributed by atoms with van der Waals surface area (Å²) in [5.74, 6) is 0.787. The molecule has 5 nitrogen and oxygen atoms in total. The number of carbonyl (C=O) groups excluding carboxylic acids is 1. The van der Waals surface area contributed by atoms with Gasteiger partial charge < -0.3 is 9.88 Å². The molecule has 2 aromatic heterocycles. The normalized spacial score (nSPS) is 11.0. The minimum Gasteiger partial charge on any atom is -0.325 e. The molecule has 0 aliphatic carbocycles. The molecule has 118 valence electrons. The molecule has 2 heterocycles. The van der Waals surface area contributed by atoms with Gasteiger partial charge in [0.05, 0.1) is 17.9 Å². The van der Waals surface area contributed by atoms with Gasteiger partial charge in [-0.2, -0.15) is 0 Å². The first-order chi connectivity index (χ1) is 10.9. The lowest BCUT2D eigenvalue weighted by molar-refractivity contribution is -0.114. The maximum absolute atomic E-state index is 11.3. The third kappa shape index (κ3) is 3.27. The van der Waals surface area contributed by atoms with Crippen LogP contribution in [0.1, 0.15) is 24.0 Å². The van der Waals surface area contributed by atoms with Crippen LogP contribution in [-0.4, -0.2) is 20.4 Å². The Balaban J connectivity index is 2.03. The van der Waals surface area contributed by atoms with E-state index in [0.717, 1.165) is 27.2 Å². The van der Waals surface area contributed by atoms with Crippen LogP contribution < -0.4 is 5.32 Å². The number of hydrogen-bond donors (Lipinski definition) is 1. The number of aryl methyl sites for hydroxylation is 2. The lowest BCUT2D eigenvalue weighted by Crippen LogP contribution is -2.08. The third-order valence-electron chi connectivity index (χ3n) is 3.67. The number of aromatic nitrogens is 3. The number of nitrogens with zero attached hydrogens (tertiary/aromatic N) is 3. The van der Waals surface area contributed by atoms with Crippen molar-refractivity contribution < 1.29 is 4.79 Å². The highest BCUT2D eigenvalue weighted by molar-refractivity contribution is 9.10. The van der Waals surface area contributed by atoms with E-state index < -0.39 is 0 Å². The van der Waals surface area contributed by atoms with Crippen molar-refractivity contribution in [3.05, 3.63) is 51.9 Å². The largest absolute Gasteiger partial charge is 0.325 e. The highest BCUT2D eigenvalue weighted by Gasteiger charge is 2.13. The van der Waals surface area contributed by atoms with E-state index in [0.29, 0.717) is 12.2 Å². The summed E-state index contributed by atoms with van der Waals surface area (Å²) in [6, 6.07) is 10.1. The van der Waals surface area contributed by atoms with E-state index in [-0.39, 0.29) is 5.91 Å². The smallest absolute Gasteiger partial charge is 0.221 e. The maximum Gasteiger partial charge on any atom is 0.221 e. The summed E-state index contributed by atoms with van der Waals surface area (Å²) in [4.78, 5) is 20.5. The third-order valence-corrected chi connectivity index (χ3v) is 4.20. The number of hydrogen-bond acceptors (Lipinski definition) is 3. The number of carbonyl (C=O) groups is 1. The summed E-state index contributed by atoms with van der Waals surface area (Å²) in [6.07, 6.45) is 0. The van der Waals surface area contributed by atoms with Crippen LogP contribution in [0.2, 0.25) is 0 Å². The molecule has 0 saturated heterocycles. The van der Waals surface area contributed by atoms with Gasteiger partial charge in [-0.25, -0.2) is 9.97 Å². The van der Waals surface area contributed by atoms with Gasteiger partial charge in [0.2, 0.25) is 5.91 Å². The van der Waals surface area contributed by atoms with Crippen LogP contribution in [0.5, 0.6) is 0 Å². The second-order valence-electron chi connectivity index (χ2n) is 5.52. The van der Waals surface area contributed by atoms with Crippen molar-refractivity contribution >= 4 is 38.7 Å². The van der Waals surface area contributed by atoms with Gasteiger partial charge in [-0.05, 0) is 37.6 Å². The van der Waals surface area contributed by atoms with Crippen molar-refractivity contribution in [1.82, 2.24) is 14.5 Å². The molecule has 23 heavy (non-hydrogen) atoms. The monoisotopic (exact) mass is 372 g/mol. The van der Waals surface area contributed by atoms with Gasteiger partial charge in [-0.1, -0.05) is 28.1 Å². The quantitative estimate of drug-likeness (QED) is 0.759. The molecule has 0 saturated carbocycles. The van der Waals surface area contributed by atoms with Crippen LogP contribution >= 0.6 is 15.9 Å². The molecule has 6 heteroatoms. The molecule has 0 fully saturated rings. The molecule has 1 aromatic carbocycles. The number of nitrogens with one attached hydrogen (secondary N) is 1. The molecular formula is C17H17BrN4O. The van der Waals surface area contributed by atoms with Gasteiger partial charge in [-0.3, -0.25) is 4.79 Å². The van der Waals surface area contributed by atoms with Crippen LogP contribution in [0.15, 0.2) is 34.8 Å². The van der Waals surface area contributed by atoms with Crippen LogP contribution in [0.3, 0.4) is 0 Å². The SMILES string of the molecule is CC(=O)Nc1cc2nc(C)n(Cc3ccc(Br)cc3)c2nc1C. The summed E-state index contributed by atoms with van der Waals surface area (Å²) in [5, 5.41) is 2.79. The lowest BCUT2D eigenvalue weighted by atomic mass is 10.2. The second kappa shape index (κ2) is 6.12. The number of halogens is 1. The Kier molecular flexibility index (Phi) is 4.17. The number of imidazole rings is 1. The molecule has 0 atom stereocenters. The van der Waals surface area contributed by atoms with Crippen molar-refractivity contribution in [2.45, 2.75) is 27.3 Å². The summed E-state index contributed by atoms with van der Waals surface area (Å²) >= 11 is 3.45. The summed E-state index contributed by atoms with van der Waals surface area (Å²) in [6.45, 7) is 6.05. The van der Waals surface area contributed by atoms with E-state index in [1.54, 1.807) is 0 Å². The molecule has 0 spiro atoms. The molecule has 3 aromatic rings. The van der Waals surface area contributed by atoms with Crippen LogP contribution in [0.4, 0.5) is 5.69 Å². The number of amides is 1. The predicted octanol–water partition coefficient (Wildman–Crippen LogP) is 3.82. The first-order valence-corrected chi connectivity index (χ1v) is 8.10. The first-order valence-electron chi connectivity index (χ1n) is 7.30. The molecule has 1 amide bonds. The van der Waals surface area contributed by atoms with Gasteiger partial charge in [-0.15, -0.1) is 0 Å². The Morgan fingerprint density at radius 2 is 1.91 bits per heavy atom. The molecule has 0 radical (unpaired) electrons. The zero-order valence-corrected chi connectivity index (χ0v) is 14.8. The van der Waals surface area contributed by atoms with Gasteiger partial charge >= 0.3 is 0 Å². The van der Waals surface area contributed by atoms with E-state index in [9.17, 15) is 4.79 Å². The Bertz CT molecular complexity index is 884. The van der Waals surface area contributed by atoms with Crippen LogP contribution in [-0.2, 0) is 11.3 Å². The minimum absolute atomic E-state index is 0.111. The van der Waals surface area contributed by atoms with Crippen molar-refractivity contribution in [3.8, 4) is 0 Å². The summed E-state index contributed by atoms with van der Waals surface area (Å²) in [7, 11) is 0. The van der Waals surface area contributed by atoms with Crippen molar-refractivity contribution in [3.63, 3.8) is 0 Å². The fourth-order valence-electron chi connectivity index (χ4n) is 2.53. The lowest BCUT2D eigenvalue weighted by Gasteiger charge is -2.09. The standard InChI is InChI=1S/C17H17BrN4O/c1-10-15(21-12(3)23)8-16-17(19-10)22(11(2)20-16)9-13-4-6-14(18)7-5-13/h4-8H,9H2,1-3H3,(H,21,23). The fraction of sp³-hybridized carbons (Fsp3) is 0.235. The highest BCUT2D eigenvalue weighted by Crippen LogP contribution is 2.22. The van der Waals surface area contributed by atoms with Crippen molar-refractivity contribution in [1.29, 1.82) is 0 Å². The maximum atomic E-state index is 11.3. The Hall–Kier alpha value is -2.21. The number of pyridine rings is 1. The van der Waals surface area contributed by atoms with E-state index in [1.165, 1.54) is 12.5 Å². The Labute approximate surface area is 142 Å². The predicted molar refractivity (Wildman–Crippen MR) is 94.5 cm³/mol. The fourth-order valence-corrected chi connectivity index (χ4v) is 2.79. The number of rotatable bonds is 3. The first kappa shape index (κ1) is 15.7.